The molecule has 12 heavy (non-hydrogen) atoms. The molecule has 0 aliphatic heterocycles. The Labute approximate surface area is 77.6 Å². The van der Waals surface area contributed by atoms with Gasteiger partial charge in [0.25, 0.3) is 0 Å². The molecule has 4 N–H and O–H groups in total. The molecule has 0 aliphatic rings. The summed E-state index contributed by atoms with van der Waals surface area (Å²) in [6.07, 6.45) is 3.18. The molecule has 0 saturated carbocycles. The maximum atomic E-state index is 8.24. The number of oxime groups is 1. The fourth-order valence-electron chi connectivity index (χ4n) is 0.711. The van der Waals surface area contributed by atoms with Crippen LogP contribution in [0.1, 0.15) is 13.3 Å². The van der Waals surface area contributed by atoms with Gasteiger partial charge in [-0.1, -0.05) is 5.16 Å². The molecule has 0 rings (SSSR count). The molecular weight excluding hydrogens is 174 g/mol. The van der Waals surface area contributed by atoms with Crippen molar-refractivity contribution in [2.24, 2.45) is 10.9 Å². The Morgan fingerprint density at radius 2 is 2.42 bits per heavy atom. The first-order valence-electron chi connectivity index (χ1n) is 3.89. The van der Waals surface area contributed by atoms with Gasteiger partial charge in [0.15, 0.2) is 5.84 Å². The third kappa shape index (κ3) is 6.30. The fraction of sp³-hybridized carbons (Fsp3) is 0.857. The van der Waals surface area contributed by atoms with Crippen LogP contribution >= 0.6 is 11.8 Å². The Hall–Kier alpha value is -0.420. The van der Waals surface area contributed by atoms with Gasteiger partial charge in [-0.05, 0) is 25.4 Å². The van der Waals surface area contributed by atoms with Crippen LogP contribution in [-0.4, -0.2) is 35.6 Å². The first-order chi connectivity index (χ1) is 5.70. The predicted octanol–water partition coefficient (Wildman–Crippen LogP) is 0.464. The summed E-state index contributed by atoms with van der Waals surface area (Å²) in [5.41, 5.74) is 5.28. The third-order valence-corrected chi connectivity index (χ3v) is 2.16. The van der Waals surface area contributed by atoms with Crippen LogP contribution in [0, 0.1) is 0 Å². The second-order valence-corrected chi connectivity index (χ2v) is 3.64. The summed E-state index contributed by atoms with van der Waals surface area (Å²) < 4.78 is 0. The molecule has 0 aromatic carbocycles. The molecular formula is C7H17N3OS. The quantitative estimate of drug-likeness (QED) is 0.247. The number of amidine groups is 1. The van der Waals surface area contributed by atoms with Crippen LogP contribution in [0.2, 0.25) is 0 Å². The maximum absolute atomic E-state index is 8.24. The van der Waals surface area contributed by atoms with Gasteiger partial charge in [0.2, 0.25) is 0 Å². The van der Waals surface area contributed by atoms with Crippen molar-refractivity contribution in [1.82, 2.24) is 5.32 Å². The third-order valence-electron chi connectivity index (χ3n) is 1.52. The highest BCUT2D eigenvalue weighted by molar-refractivity contribution is 7.98. The maximum Gasteiger partial charge on any atom is 0.153 e. The highest BCUT2D eigenvalue weighted by atomic mass is 32.2. The van der Waals surface area contributed by atoms with Crippen LogP contribution in [0.5, 0.6) is 0 Å². The molecule has 0 aliphatic carbocycles. The first-order valence-corrected chi connectivity index (χ1v) is 5.28. The number of nitrogens with one attached hydrogen (secondary N) is 1. The first kappa shape index (κ1) is 11.6. The predicted molar refractivity (Wildman–Crippen MR) is 53.9 cm³/mol. The van der Waals surface area contributed by atoms with Crippen molar-refractivity contribution in [3.63, 3.8) is 0 Å². The number of nitrogens with two attached hydrogens (primary N) is 1. The summed E-state index contributed by atoms with van der Waals surface area (Å²) in [7, 11) is 0. The van der Waals surface area contributed by atoms with Gasteiger partial charge in [-0.3, -0.25) is 0 Å². The Morgan fingerprint density at radius 1 is 1.75 bits per heavy atom. The van der Waals surface area contributed by atoms with E-state index in [1.165, 1.54) is 0 Å². The number of hydrogen-bond donors (Lipinski definition) is 3. The standard InChI is InChI=1S/C7H17N3OS/c1-6(3-4-12-2)9-5-7(8)10-11/h6,9,11H,3-5H2,1-2H3,(H2,8,10). The normalized spacial score (nSPS) is 14.7. The molecule has 4 nitrogen and oxygen atoms in total. The summed E-state index contributed by atoms with van der Waals surface area (Å²) in [5.74, 6) is 1.36. The van der Waals surface area contributed by atoms with E-state index in [2.05, 4.69) is 23.7 Å². The molecule has 0 spiro atoms. The molecule has 1 atom stereocenters. The van der Waals surface area contributed by atoms with Gasteiger partial charge in [-0.25, -0.2) is 0 Å². The van der Waals surface area contributed by atoms with Crippen molar-refractivity contribution in [1.29, 1.82) is 0 Å². The van der Waals surface area contributed by atoms with Gasteiger partial charge >= 0.3 is 0 Å². The molecule has 0 bridgehead atoms. The van der Waals surface area contributed by atoms with Crippen molar-refractivity contribution in [3.05, 3.63) is 0 Å². The zero-order valence-electron chi connectivity index (χ0n) is 7.58. The smallest absolute Gasteiger partial charge is 0.153 e. The SMILES string of the molecule is CSCCC(C)NCC(N)=NO. The second-order valence-electron chi connectivity index (χ2n) is 2.65. The van der Waals surface area contributed by atoms with E-state index in [-0.39, 0.29) is 5.84 Å². The largest absolute Gasteiger partial charge is 0.409 e. The lowest BCUT2D eigenvalue weighted by Crippen LogP contribution is -2.35. The van der Waals surface area contributed by atoms with Crippen LogP contribution in [0.4, 0.5) is 0 Å². The monoisotopic (exact) mass is 191 g/mol. The van der Waals surface area contributed by atoms with Crippen LogP contribution in [0.3, 0.4) is 0 Å². The van der Waals surface area contributed by atoms with Gasteiger partial charge in [-0.2, -0.15) is 11.8 Å². The average Bonchev–Trinajstić information content (AvgIpc) is 2.10. The van der Waals surface area contributed by atoms with Crippen molar-refractivity contribution < 1.29 is 5.21 Å². The highest BCUT2D eigenvalue weighted by Crippen LogP contribution is 1.98. The summed E-state index contributed by atoms with van der Waals surface area (Å²) in [4.78, 5) is 0. The van der Waals surface area contributed by atoms with Crippen LogP contribution in [0.25, 0.3) is 0 Å². The Bertz CT molecular complexity index is 141. The summed E-state index contributed by atoms with van der Waals surface area (Å²) in [6.45, 7) is 2.53. The molecule has 72 valence electrons. The zero-order valence-corrected chi connectivity index (χ0v) is 8.40. The minimum absolute atomic E-state index is 0.228. The minimum atomic E-state index is 0.228. The van der Waals surface area contributed by atoms with Gasteiger partial charge < -0.3 is 16.3 Å². The van der Waals surface area contributed by atoms with E-state index in [0.29, 0.717) is 12.6 Å². The Kier molecular flexibility index (Phi) is 6.99. The summed E-state index contributed by atoms with van der Waals surface area (Å²) in [5, 5.41) is 14.2. The van der Waals surface area contributed by atoms with Gasteiger partial charge in [-0.15, -0.1) is 0 Å². The molecule has 0 aromatic rings. The van der Waals surface area contributed by atoms with Gasteiger partial charge in [0.05, 0.1) is 6.54 Å². The lowest BCUT2D eigenvalue weighted by molar-refractivity contribution is 0.316. The number of rotatable bonds is 6. The van der Waals surface area contributed by atoms with Crippen molar-refractivity contribution in [3.8, 4) is 0 Å². The molecule has 0 heterocycles. The number of hydrogen-bond acceptors (Lipinski definition) is 4. The van der Waals surface area contributed by atoms with Crippen molar-refractivity contribution in [2.45, 2.75) is 19.4 Å². The highest BCUT2D eigenvalue weighted by Gasteiger charge is 2.00. The van der Waals surface area contributed by atoms with Gasteiger partial charge in [0, 0.05) is 6.04 Å². The Morgan fingerprint density at radius 3 is 2.92 bits per heavy atom. The molecule has 0 amide bonds. The van der Waals surface area contributed by atoms with E-state index in [1.807, 2.05) is 11.8 Å². The molecule has 0 aromatic heterocycles. The minimum Gasteiger partial charge on any atom is -0.409 e. The van der Waals surface area contributed by atoms with Gasteiger partial charge in [0.1, 0.15) is 0 Å². The van der Waals surface area contributed by atoms with Crippen LogP contribution in [-0.2, 0) is 0 Å². The summed E-state index contributed by atoms with van der Waals surface area (Å²) >= 11 is 1.82. The van der Waals surface area contributed by atoms with E-state index in [9.17, 15) is 0 Å². The lowest BCUT2D eigenvalue weighted by atomic mass is 10.2. The molecule has 5 heteroatoms. The molecule has 1 unspecified atom stereocenters. The van der Waals surface area contributed by atoms with E-state index in [1.54, 1.807) is 0 Å². The van der Waals surface area contributed by atoms with Crippen LogP contribution in [0.15, 0.2) is 5.16 Å². The molecule has 0 saturated heterocycles. The zero-order chi connectivity index (χ0) is 9.40. The topological polar surface area (TPSA) is 70.6 Å². The fourth-order valence-corrected chi connectivity index (χ4v) is 1.30. The van der Waals surface area contributed by atoms with Crippen molar-refractivity contribution in [2.75, 3.05) is 18.6 Å². The van der Waals surface area contributed by atoms with Crippen molar-refractivity contribution >= 4 is 17.6 Å². The van der Waals surface area contributed by atoms with E-state index in [0.717, 1.165) is 12.2 Å². The molecule has 0 fully saturated rings. The van der Waals surface area contributed by atoms with E-state index < -0.39 is 0 Å². The van der Waals surface area contributed by atoms with Crippen LogP contribution < -0.4 is 11.1 Å². The lowest BCUT2D eigenvalue weighted by Gasteiger charge is -2.11. The number of nitrogens with zero attached hydrogens (tertiary/aromatic N) is 1. The number of thioether (sulfide) groups is 1. The van der Waals surface area contributed by atoms with E-state index in [4.69, 9.17) is 10.9 Å². The average molecular weight is 191 g/mol. The van der Waals surface area contributed by atoms with E-state index >= 15 is 0 Å². The summed E-state index contributed by atoms with van der Waals surface area (Å²) in [6, 6.07) is 0.415. The second kappa shape index (κ2) is 7.24. The molecule has 0 radical (unpaired) electrons. The Balaban J connectivity index is 3.37.